The number of nitrogens with one attached hydrogen (secondary N) is 2. The molecule has 0 aliphatic rings. The van der Waals surface area contributed by atoms with Crippen LogP contribution < -0.4 is 10.6 Å². The van der Waals surface area contributed by atoms with Crippen molar-refractivity contribution in [3.05, 3.63) is 65.7 Å². The maximum Gasteiger partial charge on any atom is 0.250 e. The number of rotatable bonds is 9. The Kier molecular flexibility index (Phi) is 11.8. The van der Waals surface area contributed by atoms with Gasteiger partial charge in [0.2, 0.25) is 5.91 Å². The minimum Gasteiger partial charge on any atom is -0.367 e. The van der Waals surface area contributed by atoms with E-state index in [0.717, 1.165) is 30.8 Å². The number of anilines is 1. The van der Waals surface area contributed by atoms with Crippen molar-refractivity contribution in [1.29, 1.82) is 0 Å². The second kappa shape index (κ2) is 14.0. The van der Waals surface area contributed by atoms with E-state index >= 15 is 0 Å². The Morgan fingerprint density at radius 1 is 0.962 bits per heavy atom. The summed E-state index contributed by atoms with van der Waals surface area (Å²) >= 11 is 0. The number of carbonyl (C=O) groups excluding carboxylic acids is 1. The minimum absolute atomic E-state index is 0.0608. The highest BCUT2D eigenvalue weighted by Gasteiger charge is 2.03. The van der Waals surface area contributed by atoms with Crippen LogP contribution in [0.1, 0.15) is 38.3 Å². The third-order valence-electron chi connectivity index (χ3n) is 3.64. The summed E-state index contributed by atoms with van der Waals surface area (Å²) in [5, 5.41) is 6.04. The van der Waals surface area contributed by atoms with E-state index in [4.69, 9.17) is 4.74 Å². The zero-order valence-electron chi connectivity index (χ0n) is 16.3. The van der Waals surface area contributed by atoms with Crippen molar-refractivity contribution in [3.63, 3.8) is 0 Å². The number of hydrogen-bond donors (Lipinski definition) is 2. The van der Waals surface area contributed by atoms with Gasteiger partial charge in [-0.05, 0) is 49.2 Å². The first-order valence-electron chi connectivity index (χ1n) is 9.40. The number of ether oxygens (including phenoxy) is 1. The molecule has 0 saturated carbocycles. The average Bonchev–Trinajstić information content (AvgIpc) is 2.68. The molecule has 142 valence electrons. The minimum atomic E-state index is -0.130. The monoisotopic (exact) mass is 356 g/mol. The van der Waals surface area contributed by atoms with Crippen molar-refractivity contribution in [2.75, 3.05) is 25.0 Å². The SMILES string of the molecule is CCCNCC.CCc1cccc(NC(=O)COCc2ccccc2)c1. The molecule has 2 aromatic rings. The lowest BCUT2D eigenvalue weighted by Gasteiger charge is -2.07. The Morgan fingerprint density at radius 2 is 1.69 bits per heavy atom. The molecule has 0 aromatic heterocycles. The molecule has 0 unspecified atom stereocenters. The van der Waals surface area contributed by atoms with Crippen LogP contribution in [0.3, 0.4) is 0 Å². The zero-order valence-corrected chi connectivity index (χ0v) is 16.3. The fourth-order valence-electron chi connectivity index (χ4n) is 2.26. The van der Waals surface area contributed by atoms with Crippen molar-refractivity contribution in [2.24, 2.45) is 0 Å². The van der Waals surface area contributed by atoms with Crippen molar-refractivity contribution < 1.29 is 9.53 Å². The standard InChI is InChI=1S/C17H19NO2.C5H13N/c1-2-14-9-6-10-16(11-14)18-17(19)13-20-12-15-7-4-3-5-8-15;1-3-5-6-4-2/h3-11H,2,12-13H2,1H3,(H,18,19);6H,3-5H2,1-2H3. The summed E-state index contributed by atoms with van der Waals surface area (Å²) < 4.78 is 5.40. The van der Waals surface area contributed by atoms with Gasteiger partial charge in [-0.15, -0.1) is 0 Å². The molecule has 4 nitrogen and oxygen atoms in total. The highest BCUT2D eigenvalue weighted by molar-refractivity contribution is 5.91. The van der Waals surface area contributed by atoms with Crippen LogP contribution in [-0.4, -0.2) is 25.6 Å². The summed E-state index contributed by atoms with van der Waals surface area (Å²) in [4.78, 5) is 11.8. The normalized spacial score (nSPS) is 9.96. The van der Waals surface area contributed by atoms with Crippen molar-refractivity contribution in [1.82, 2.24) is 5.32 Å². The van der Waals surface area contributed by atoms with Crippen LogP contribution in [0.4, 0.5) is 5.69 Å². The van der Waals surface area contributed by atoms with Crippen LogP contribution in [0.2, 0.25) is 0 Å². The van der Waals surface area contributed by atoms with Crippen molar-refractivity contribution >= 4 is 11.6 Å². The van der Waals surface area contributed by atoms with Crippen molar-refractivity contribution in [2.45, 2.75) is 40.2 Å². The summed E-state index contributed by atoms with van der Waals surface area (Å²) in [7, 11) is 0. The topological polar surface area (TPSA) is 50.4 Å². The molecular weight excluding hydrogens is 324 g/mol. The lowest BCUT2D eigenvalue weighted by molar-refractivity contribution is -0.121. The summed E-state index contributed by atoms with van der Waals surface area (Å²) in [5.41, 5.74) is 3.08. The Bertz CT molecular complexity index is 611. The molecule has 2 aromatic carbocycles. The summed E-state index contributed by atoms with van der Waals surface area (Å²) in [5.74, 6) is -0.130. The largest absolute Gasteiger partial charge is 0.367 e. The molecule has 2 rings (SSSR count). The molecule has 0 aliphatic carbocycles. The number of carbonyl (C=O) groups is 1. The van der Waals surface area contributed by atoms with E-state index in [1.54, 1.807) is 0 Å². The van der Waals surface area contributed by atoms with E-state index in [1.165, 1.54) is 12.0 Å². The van der Waals surface area contributed by atoms with E-state index in [2.05, 4.69) is 31.4 Å². The third kappa shape index (κ3) is 9.97. The molecule has 0 fully saturated rings. The molecule has 0 atom stereocenters. The van der Waals surface area contributed by atoms with Gasteiger partial charge < -0.3 is 15.4 Å². The van der Waals surface area contributed by atoms with E-state index in [0.29, 0.717) is 6.61 Å². The first kappa shape index (κ1) is 21.9. The molecule has 0 aliphatic heterocycles. The Labute approximate surface area is 158 Å². The van der Waals surface area contributed by atoms with Crippen LogP contribution in [0.25, 0.3) is 0 Å². The molecule has 0 spiro atoms. The van der Waals surface area contributed by atoms with Crippen molar-refractivity contribution in [3.8, 4) is 0 Å². The van der Waals surface area contributed by atoms with Gasteiger partial charge in [-0.2, -0.15) is 0 Å². The number of aryl methyl sites for hydroxylation is 1. The molecule has 0 heterocycles. The Morgan fingerprint density at radius 3 is 2.31 bits per heavy atom. The van der Waals surface area contributed by atoms with E-state index in [-0.39, 0.29) is 12.5 Å². The van der Waals surface area contributed by atoms with Gasteiger partial charge in [0.25, 0.3) is 0 Å². The highest BCUT2D eigenvalue weighted by Crippen LogP contribution is 2.11. The molecule has 26 heavy (non-hydrogen) atoms. The first-order chi connectivity index (χ1) is 12.7. The van der Waals surface area contributed by atoms with Crippen LogP contribution in [0.5, 0.6) is 0 Å². The molecule has 0 radical (unpaired) electrons. The molecule has 0 saturated heterocycles. The Hall–Kier alpha value is -2.17. The molecular formula is C22H32N2O2. The van der Waals surface area contributed by atoms with Gasteiger partial charge in [-0.25, -0.2) is 0 Å². The quantitative estimate of drug-likeness (QED) is 0.654. The third-order valence-corrected chi connectivity index (χ3v) is 3.64. The molecule has 1 amide bonds. The molecule has 4 heteroatoms. The van der Waals surface area contributed by atoms with E-state index in [1.807, 2.05) is 54.6 Å². The summed E-state index contributed by atoms with van der Waals surface area (Å²) in [6, 6.07) is 17.7. The van der Waals surface area contributed by atoms with E-state index in [9.17, 15) is 4.79 Å². The van der Waals surface area contributed by atoms with Gasteiger partial charge in [0.15, 0.2) is 0 Å². The summed E-state index contributed by atoms with van der Waals surface area (Å²) in [6.45, 7) is 9.15. The van der Waals surface area contributed by atoms with Gasteiger partial charge in [-0.3, -0.25) is 4.79 Å². The fraction of sp³-hybridized carbons (Fsp3) is 0.409. The number of amides is 1. The highest BCUT2D eigenvalue weighted by atomic mass is 16.5. The van der Waals surface area contributed by atoms with Gasteiger partial charge >= 0.3 is 0 Å². The van der Waals surface area contributed by atoms with Crippen LogP contribution in [0, 0.1) is 0 Å². The molecule has 0 bridgehead atoms. The average molecular weight is 357 g/mol. The second-order valence-electron chi connectivity index (χ2n) is 5.93. The molecule has 2 N–H and O–H groups in total. The Balaban J connectivity index is 0.000000487. The zero-order chi connectivity index (χ0) is 19.0. The second-order valence-corrected chi connectivity index (χ2v) is 5.93. The predicted octanol–water partition coefficient (Wildman–Crippen LogP) is 4.41. The van der Waals surface area contributed by atoms with Crippen LogP contribution in [-0.2, 0) is 22.6 Å². The fourth-order valence-corrected chi connectivity index (χ4v) is 2.26. The van der Waals surface area contributed by atoms with Gasteiger partial charge in [0, 0.05) is 5.69 Å². The van der Waals surface area contributed by atoms with Gasteiger partial charge in [-0.1, -0.05) is 63.2 Å². The van der Waals surface area contributed by atoms with Gasteiger partial charge in [0.1, 0.15) is 6.61 Å². The maximum atomic E-state index is 11.8. The number of hydrogen-bond acceptors (Lipinski definition) is 3. The predicted molar refractivity (Wildman–Crippen MR) is 109 cm³/mol. The maximum absolute atomic E-state index is 11.8. The van der Waals surface area contributed by atoms with E-state index < -0.39 is 0 Å². The smallest absolute Gasteiger partial charge is 0.250 e. The number of benzene rings is 2. The van der Waals surface area contributed by atoms with Crippen LogP contribution >= 0.6 is 0 Å². The first-order valence-corrected chi connectivity index (χ1v) is 9.40. The lowest BCUT2D eigenvalue weighted by Crippen LogP contribution is -2.18. The van der Waals surface area contributed by atoms with Crippen LogP contribution in [0.15, 0.2) is 54.6 Å². The lowest BCUT2D eigenvalue weighted by atomic mass is 10.1. The van der Waals surface area contributed by atoms with Gasteiger partial charge in [0.05, 0.1) is 6.61 Å². The summed E-state index contributed by atoms with van der Waals surface area (Å²) in [6.07, 6.45) is 2.20.